The minimum atomic E-state index is -0.255. The van der Waals surface area contributed by atoms with Crippen LogP contribution in [0.4, 0.5) is 0 Å². The van der Waals surface area contributed by atoms with Gasteiger partial charge in [-0.15, -0.1) is 0 Å². The van der Waals surface area contributed by atoms with Crippen LogP contribution in [0.5, 0.6) is 0 Å². The first-order chi connectivity index (χ1) is 11.1. The number of hydrogen-bond acceptors (Lipinski definition) is 3. The molecular formula is C16H12Cl2N4O. The van der Waals surface area contributed by atoms with Gasteiger partial charge in [0.15, 0.2) is 0 Å². The molecule has 0 atom stereocenters. The average molecular weight is 347 g/mol. The Labute approximate surface area is 142 Å². The van der Waals surface area contributed by atoms with Gasteiger partial charge in [0.1, 0.15) is 6.54 Å². The summed E-state index contributed by atoms with van der Waals surface area (Å²) in [7, 11) is 0. The Morgan fingerprint density at radius 2 is 2.09 bits per heavy atom. The minimum absolute atomic E-state index is 0.131. The number of hydrazone groups is 1. The van der Waals surface area contributed by atoms with E-state index in [-0.39, 0.29) is 12.5 Å². The Hall–Kier alpha value is -2.37. The number of carbonyl (C=O) groups excluding carboxylic acids is 1. The Morgan fingerprint density at radius 1 is 1.26 bits per heavy atom. The molecule has 1 aromatic heterocycles. The van der Waals surface area contributed by atoms with Crippen molar-refractivity contribution in [1.82, 2.24) is 15.0 Å². The fourth-order valence-corrected chi connectivity index (χ4v) is 2.56. The van der Waals surface area contributed by atoms with Gasteiger partial charge in [-0.05, 0) is 24.3 Å². The second-order valence-corrected chi connectivity index (χ2v) is 5.66. The van der Waals surface area contributed by atoms with Crippen molar-refractivity contribution in [3.05, 3.63) is 64.4 Å². The van der Waals surface area contributed by atoms with Crippen LogP contribution in [0.2, 0.25) is 10.0 Å². The number of fused-ring (bicyclic) bond motifs is 1. The van der Waals surface area contributed by atoms with Crippen LogP contribution in [0.25, 0.3) is 11.0 Å². The maximum absolute atomic E-state index is 12.0. The molecule has 0 fully saturated rings. The standard InChI is InChI=1S/C16H12Cl2N4O/c17-12-6-5-11(13(18)7-12)8-20-21-16(23)9-22-10-19-14-3-1-2-4-15(14)22/h1-8,10H,9H2,(H,21,23)/b20-8-. The summed E-state index contributed by atoms with van der Waals surface area (Å²) in [6, 6.07) is 12.7. The molecule has 1 heterocycles. The van der Waals surface area contributed by atoms with Gasteiger partial charge in [-0.3, -0.25) is 4.79 Å². The Bertz CT molecular complexity index is 889. The third-order valence-electron chi connectivity index (χ3n) is 3.20. The summed E-state index contributed by atoms with van der Waals surface area (Å²) in [6.45, 7) is 0.131. The molecule has 7 heteroatoms. The lowest BCUT2D eigenvalue weighted by molar-refractivity contribution is -0.121. The van der Waals surface area contributed by atoms with Crippen molar-refractivity contribution in [2.75, 3.05) is 0 Å². The van der Waals surface area contributed by atoms with E-state index in [2.05, 4.69) is 15.5 Å². The van der Waals surface area contributed by atoms with Crippen molar-refractivity contribution >= 4 is 46.4 Å². The van der Waals surface area contributed by atoms with E-state index in [1.165, 1.54) is 6.21 Å². The molecule has 0 spiro atoms. The summed E-state index contributed by atoms with van der Waals surface area (Å²) in [5, 5.41) is 4.92. The van der Waals surface area contributed by atoms with Crippen LogP contribution in [0.3, 0.4) is 0 Å². The second-order valence-electron chi connectivity index (χ2n) is 4.82. The molecule has 3 rings (SSSR count). The highest BCUT2D eigenvalue weighted by atomic mass is 35.5. The zero-order chi connectivity index (χ0) is 16.2. The van der Waals surface area contributed by atoms with Crippen LogP contribution in [0.15, 0.2) is 53.9 Å². The molecule has 0 aliphatic rings. The largest absolute Gasteiger partial charge is 0.321 e. The second kappa shape index (κ2) is 6.81. The summed E-state index contributed by atoms with van der Waals surface area (Å²) in [6.07, 6.45) is 3.10. The number of imidazole rings is 1. The first-order valence-electron chi connectivity index (χ1n) is 6.80. The Balaban J connectivity index is 1.64. The van der Waals surface area contributed by atoms with Crippen molar-refractivity contribution in [2.24, 2.45) is 5.10 Å². The van der Waals surface area contributed by atoms with Gasteiger partial charge in [-0.1, -0.05) is 41.4 Å². The first kappa shape index (κ1) is 15.5. The number of rotatable bonds is 4. The Morgan fingerprint density at radius 3 is 2.91 bits per heavy atom. The molecule has 3 aromatic rings. The van der Waals surface area contributed by atoms with Crippen molar-refractivity contribution in [3.8, 4) is 0 Å². The van der Waals surface area contributed by atoms with Crippen molar-refractivity contribution < 1.29 is 4.79 Å². The van der Waals surface area contributed by atoms with Gasteiger partial charge in [-0.2, -0.15) is 5.10 Å². The number of amides is 1. The van der Waals surface area contributed by atoms with E-state index in [0.29, 0.717) is 15.6 Å². The van der Waals surface area contributed by atoms with Crippen LogP contribution in [-0.4, -0.2) is 21.7 Å². The fourth-order valence-electron chi connectivity index (χ4n) is 2.11. The van der Waals surface area contributed by atoms with E-state index in [1.54, 1.807) is 29.1 Å². The number of carbonyl (C=O) groups is 1. The molecule has 0 radical (unpaired) electrons. The van der Waals surface area contributed by atoms with Gasteiger partial charge in [0.05, 0.1) is 28.6 Å². The molecule has 116 valence electrons. The summed E-state index contributed by atoms with van der Waals surface area (Å²) in [5.74, 6) is -0.255. The monoisotopic (exact) mass is 346 g/mol. The topological polar surface area (TPSA) is 59.3 Å². The number of para-hydroxylation sites is 2. The molecule has 1 amide bonds. The molecule has 23 heavy (non-hydrogen) atoms. The molecule has 5 nitrogen and oxygen atoms in total. The van der Waals surface area contributed by atoms with Gasteiger partial charge in [0, 0.05) is 10.6 Å². The van der Waals surface area contributed by atoms with Gasteiger partial charge in [-0.25, -0.2) is 10.4 Å². The fraction of sp³-hybridized carbons (Fsp3) is 0.0625. The van der Waals surface area contributed by atoms with Crippen LogP contribution in [0.1, 0.15) is 5.56 Å². The highest BCUT2D eigenvalue weighted by molar-refractivity contribution is 6.36. The average Bonchev–Trinajstić information content (AvgIpc) is 2.93. The minimum Gasteiger partial charge on any atom is -0.321 e. The van der Waals surface area contributed by atoms with Crippen molar-refractivity contribution in [1.29, 1.82) is 0 Å². The van der Waals surface area contributed by atoms with Crippen molar-refractivity contribution in [3.63, 3.8) is 0 Å². The molecule has 0 saturated carbocycles. The van der Waals surface area contributed by atoms with E-state index in [1.807, 2.05) is 24.3 Å². The van der Waals surface area contributed by atoms with Gasteiger partial charge in [0.25, 0.3) is 5.91 Å². The number of hydrogen-bond donors (Lipinski definition) is 1. The van der Waals surface area contributed by atoms with E-state index in [0.717, 1.165) is 11.0 Å². The van der Waals surface area contributed by atoms with Crippen LogP contribution < -0.4 is 5.43 Å². The third-order valence-corrected chi connectivity index (χ3v) is 3.76. The normalized spacial score (nSPS) is 11.2. The number of aromatic nitrogens is 2. The number of benzene rings is 2. The summed E-state index contributed by atoms with van der Waals surface area (Å²) >= 11 is 11.8. The maximum atomic E-state index is 12.0. The SMILES string of the molecule is O=C(Cn1cnc2ccccc21)N/N=C\c1ccc(Cl)cc1Cl. The lowest BCUT2D eigenvalue weighted by Gasteiger charge is -2.03. The molecule has 0 saturated heterocycles. The Kier molecular flexibility index (Phi) is 4.60. The maximum Gasteiger partial charge on any atom is 0.260 e. The molecule has 0 aliphatic carbocycles. The smallest absolute Gasteiger partial charge is 0.260 e. The molecular weight excluding hydrogens is 335 g/mol. The summed E-state index contributed by atoms with van der Waals surface area (Å²) < 4.78 is 1.76. The van der Waals surface area contributed by atoms with E-state index in [4.69, 9.17) is 23.2 Å². The lowest BCUT2D eigenvalue weighted by atomic mass is 10.2. The highest BCUT2D eigenvalue weighted by Gasteiger charge is 2.06. The van der Waals surface area contributed by atoms with Gasteiger partial charge in [0.2, 0.25) is 0 Å². The highest BCUT2D eigenvalue weighted by Crippen LogP contribution is 2.19. The summed E-state index contributed by atoms with van der Waals surface area (Å²) in [4.78, 5) is 16.2. The predicted octanol–water partition coefficient (Wildman–Crippen LogP) is 3.49. The van der Waals surface area contributed by atoms with Gasteiger partial charge < -0.3 is 4.57 Å². The van der Waals surface area contributed by atoms with Gasteiger partial charge >= 0.3 is 0 Å². The lowest BCUT2D eigenvalue weighted by Crippen LogP contribution is -2.22. The first-order valence-corrected chi connectivity index (χ1v) is 7.56. The number of nitrogens with one attached hydrogen (secondary N) is 1. The van der Waals surface area contributed by atoms with E-state index < -0.39 is 0 Å². The van der Waals surface area contributed by atoms with Crippen LogP contribution >= 0.6 is 23.2 Å². The molecule has 0 aliphatic heterocycles. The number of nitrogens with zero attached hydrogens (tertiary/aromatic N) is 3. The molecule has 1 N–H and O–H groups in total. The quantitative estimate of drug-likeness (QED) is 0.580. The summed E-state index contributed by atoms with van der Waals surface area (Å²) in [5.41, 5.74) is 4.88. The predicted molar refractivity (Wildman–Crippen MR) is 91.9 cm³/mol. The van der Waals surface area contributed by atoms with E-state index in [9.17, 15) is 4.79 Å². The zero-order valence-electron chi connectivity index (χ0n) is 11.9. The van der Waals surface area contributed by atoms with E-state index >= 15 is 0 Å². The molecule has 0 unspecified atom stereocenters. The third kappa shape index (κ3) is 3.70. The zero-order valence-corrected chi connectivity index (χ0v) is 13.4. The van der Waals surface area contributed by atoms with Crippen LogP contribution in [-0.2, 0) is 11.3 Å². The van der Waals surface area contributed by atoms with Crippen molar-refractivity contribution in [2.45, 2.75) is 6.54 Å². The number of halogens is 2. The molecule has 0 bridgehead atoms. The van der Waals surface area contributed by atoms with Crippen LogP contribution in [0, 0.1) is 0 Å². The molecule has 2 aromatic carbocycles.